The van der Waals surface area contributed by atoms with Crippen LogP contribution in [0.5, 0.6) is 0 Å². The van der Waals surface area contributed by atoms with Gasteiger partial charge in [0, 0.05) is 0 Å². The monoisotopic (exact) mass is 825 g/mol. The van der Waals surface area contributed by atoms with Gasteiger partial charge >= 0.3 is 327 Å². The van der Waals surface area contributed by atoms with Gasteiger partial charge in [-0.25, -0.2) is 0 Å². The fraction of sp³-hybridized carbons (Fsp3) is 0.417. The molecule has 0 nitrogen and oxygen atoms in total. The van der Waals surface area contributed by atoms with E-state index >= 15 is 0 Å². The second-order valence-corrected chi connectivity index (χ2v) is 59.7. The van der Waals surface area contributed by atoms with E-state index in [-0.39, 0.29) is 7.25 Å². The summed E-state index contributed by atoms with van der Waals surface area (Å²) in [5.41, 5.74) is 19.4. The van der Waals surface area contributed by atoms with E-state index in [1.165, 1.54) is 77.9 Å². The van der Waals surface area contributed by atoms with E-state index in [9.17, 15) is 0 Å². The van der Waals surface area contributed by atoms with Crippen LogP contribution >= 0.6 is 17.0 Å². The minimum atomic E-state index is -5.03. The van der Waals surface area contributed by atoms with Crippen LogP contribution in [-0.4, -0.2) is 5.92 Å². The van der Waals surface area contributed by atoms with Gasteiger partial charge in [0.15, 0.2) is 0 Å². The van der Waals surface area contributed by atoms with Crippen molar-refractivity contribution in [3.63, 3.8) is 0 Å². The predicted molar refractivity (Wildman–Crippen MR) is 232 cm³/mol. The summed E-state index contributed by atoms with van der Waals surface area (Å²) in [6.07, 6.45) is 7.30. The van der Waals surface area contributed by atoms with Crippen LogP contribution in [0, 0.1) is 25.7 Å². The Bertz CT molecular complexity index is 1920. The van der Waals surface area contributed by atoms with E-state index in [1.54, 1.807) is 0 Å². The zero-order valence-electron chi connectivity index (χ0n) is 33.8. The van der Waals surface area contributed by atoms with Crippen LogP contribution in [-0.2, 0) is 15.6 Å². The summed E-state index contributed by atoms with van der Waals surface area (Å²) in [4.78, 5) is 0. The van der Waals surface area contributed by atoms with Crippen molar-refractivity contribution in [2.75, 3.05) is 0 Å². The van der Waals surface area contributed by atoms with E-state index in [2.05, 4.69) is 167 Å². The molecule has 0 aromatic heterocycles. The van der Waals surface area contributed by atoms with Gasteiger partial charge in [0.1, 0.15) is 0 Å². The normalized spacial score (nSPS) is 19.0. The molecule has 2 aliphatic carbocycles. The first kappa shape index (κ1) is 39.7. The topological polar surface area (TPSA) is 0 Å². The Hall–Kier alpha value is -1.96. The molecule has 4 heteroatoms. The van der Waals surface area contributed by atoms with Crippen LogP contribution in [0.1, 0.15) is 132 Å². The summed E-state index contributed by atoms with van der Waals surface area (Å²) >= 11 is -5.03. The Balaban J connectivity index is 1.72. The molecule has 4 atom stereocenters. The van der Waals surface area contributed by atoms with Crippen molar-refractivity contribution in [2.45, 2.75) is 114 Å². The molecule has 4 aromatic carbocycles. The van der Waals surface area contributed by atoms with Crippen LogP contribution in [0.15, 0.2) is 83.9 Å². The number of benzene rings is 4. The minimum absolute atomic E-state index is 0.0699. The molecule has 0 saturated heterocycles. The van der Waals surface area contributed by atoms with Crippen LogP contribution in [0.3, 0.4) is 0 Å². The first-order valence-electron chi connectivity index (χ1n) is 20.0. The van der Waals surface area contributed by atoms with Gasteiger partial charge in [0.2, 0.25) is 0 Å². The van der Waals surface area contributed by atoms with Crippen LogP contribution in [0.25, 0.3) is 34.4 Å². The number of aryl methyl sites for hydroxylation is 2. The zero-order valence-corrected chi connectivity index (χ0v) is 38.9. The summed E-state index contributed by atoms with van der Waals surface area (Å²) in [6.45, 7) is 28.4. The number of hydrogen-bond acceptors (Lipinski definition) is 0. The standard InChI is InChI=1S/2C23H27.C2H7Si.2ClH.Zr/c2*1-6-16(4)19-13-18-11-12-20(15(2)3)23(22(18)14-19)21-10-8-7-9-17(21)5;1-3-2;;;/h2*7-16H,6H2,1-5H3;3H,1-2H3;2*1H;/q;;;;;+2/p-2. The van der Waals surface area contributed by atoms with Crippen LogP contribution in [0.4, 0.5) is 0 Å². The molecule has 0 amide bonds. The summed E-state index contributed by atoms with van der Waals surface area (Å²) in [7, 11) is 18.0. The molecule has 4 unspecified atom stereocenters. The molecular weight excluding hydrogens is 767 g/mol. The van der Waals surface area contributed by atoms with E-state index in [0.29, 0.717) is 23.7 Å². The van der Waals surface area contributed by atoms with Crippen molar-refractivity contribution in [2.24, 2.45) is 11.8 Å². The van der Waals surface area contributed by atoms with Crippen molar-refractivity contribution in [1.29, 1.82) is 0 Å². The van der Waals surface area contributed by atoms with Crippen LogP contribution in [0.2, 0.25) is 13.1 Å². The zero-order chi connectivity index (χ0) is 37.9. The van der Waals surface area contributed by atoms with Crippen molar-refractivity contribution in [3.05, 3.63) is 128 Å². The van der Waals surface area contributed by atoms with Gasteiger partial charge in [0.05, 0.1) is 0 Å². The second kappa shape index (κ2) is 14.9. The fourth-order valence-corrected chi connectivity index (χ4v) is 40.9. The summed E-state index contributed by atoms with van der Waals surface area (Å²) in [6, 6.07) is 27.7. The number of fused-ring (bicyclic) bond motifs is 2. The quantitative estimate of drug-likeness (QED) is 0.132. The molecule has 0 aliphatic heterocycles. The first-order chi connectivity index (χ1) is 24.6. The summed E-state index contributed by atoms with van der Waals surface area (Å²) in [5.74, 6) is -0.178. The van der Waals surface area contributed by atoms with Crippen molar-refractivity contribution in [3.8, 4) is 22.3 Å². The van der Waals surface area contributed by atoms with E-state index in [0.717, 1.165) is 12.8 Å². The third kappa shape index (κ3) is 6.29. The average Bonchev–Trinajstić information content (AvgIpc) is 3.72. The SMILES string of the molecule is CCC(C)C1=Cc2c(ccc(C(C)C)c2-c2ccccc2C)[CH]1[Zr]([Cl])([Cl])([CH]1C(C(C)CC)=Cc2c1ccc(C(C)C)c2-c1ccccc1C)[SiH](C)C. The summed E-state index contributed by atoms with van der Waals surface area (Å²) in [5, 5.41) is 0. The van der Waals surface area contributed by atoms with Gasteiger partial charge in [-0.3, -0.25) is 0 Å². The number of hydrogen-bond donors (Lipinski definition) is 0. The molecule has 0 spiro atoms. The van der Waals surface area contributed by atoms with Gasteiger partial charge in [-0.05, 0) is 0 Å². The Morgan fingerprint density at radius 2 is 0.942 bits per heavy atom. The molecule has 0 fully saturated rings. The molecule has 0 heterocycles. The molecule has 2 aliphatic rings. The van der Waals surface area contributed by atoms with Gasteiger partial charge in [0.25, 0.3) is 0 Å². The van der Waals surface area contributed by atoms with Crippen molar-refractivity contribution in [1.82, 2.24) is 0 Å². The maximum atomic E-state index is 9.01. The third-order valence-corrected chi connectivity index (χ3v) is 64.8. The van der Waals surface area contributed by atoms with Gasteiger partial charge in [-0.15, -0.1) is 0 Å². The fourth-order valence-electron chi connectivity index (χ4n) is 9.64. The molecule has 0 radical (unpaired) electrons. The van der Waals surface area contributed by atoms with E-state index in [1.807, 2.05) is 0 Å². The third-order valence-electron chi connectivity index (χ3n) is 13.2. The van der Waals surface area contributed by atoms with Gasteiger partial charge in [-0.2, -0.15) is 0 Å². The van der Waals surface area contributed by atoms with Gasteiger partial charge in [-0.1, -0.05) is 0 Å². The molecule has 52 heavy (non-hydrogen) atoms. The Morgan fingerprint density at radius 3 is 1.25 bits per heavy atom. The molecular formula is C48H61Cl2SiZr. The molecule has 275 valence electrons. The summed E-state index contributed by atoms with van der Waals surface area (Å²) < 4.78 is 0.140. The molecule has 0 saturated carbocycles. The molecule has 0 N–H and O–H groups in total. The molecule has 4 aromatic rings. The number of halogens is 2. The molecule has 0 bridgehead atoms. The first-order valence-corrected chi connectivity index (χ1v) is 36.3. The molecule has 6 rings (SSSR count). The Morgan fingerprint density at radius 1 is 0.577 bits per heavy atom. The average molecular weight is 828 g/mol. The number of allylic oxidation sites excluding steroid dienone is 2. The van der Waals surface area contributed by atoms with Crippen LogP contribution < -0.4 is 0 Å². The second-order valence-electron chi connectivity index (χ2n) is 17.2. The van der Waals surface area contributed by atoms with Gasteiger partial charge < -0.3 is 0 Å². The maximum absolute atomic E-state index is 9.01. The van der Waals surface area contributed by atoms with E-state index in [4.69, 9.17) is 17.0 Å². The predicted octanol–water partition coefficient (Wildman–Crippen LogP) is 15.5. The Kier molecular flexibility index (Phi) is 11.4. The Labute approximate surface area is 324 Å². The number of rotatable bonds is 11. The van der Waals surface area contributed by atoms with E-state index < -0.39 is 21.5 Å². The van der Waals surface area contributed by atoms with Crippen molar-refractivity contribution >= 4 is 35.1 Å². The van der Waals surface area contributed by atoms with Crippen molar-refractivity contribution < 1.29 is 15.6 Å².